The molecule has 8 fully saturated rings. The van der Waals surface area contributed by atoms with Gasteiger partial charge in [-0.2, -0.15) is 0 Å². The normalized spacial score (nSPS) is 50.6. The molecule has 0 aromatic carbocycles. The molecule has 0 spiro atoms. The summed E-state index contributed by atoms with van der Waals surface area (Å²) >= 11 is 0. The van der Waals surface area contributed by atoms with Gasteiger partial charge in [0.25, 0.3) is 0 Å². The van der Waals surface area contributed by atoms with E-state index in [0.717, 1.165) is 13.8 Å². The van der Waals surface area contributed by atoms with Crippen LogP contribution in [0.15, 0.2) is 0 Å². The van der Waals surface area contributed by atoms with Crippen molar-refractivity contribution in [1.82, 2.24) is 10.6 Å². The fourth-order valence-corrected chi connectivity index (χ4v) is 12.1. The first-order valence-electron chi connectivity index (χ1n) is 30.0. The quantitative estimate of drug-likeness (QED) is 0.0427. The topological polar surface area (TPSA) is 662 Å². The maximum atomic E-state index is 12.5. The fourth-order valence-electron chi connectivity index (χ4n) is 12.1. The van der Waals surface area contributed by atoms with Crippen LogP contribution < -0.4 is 10.6 Å². The van der Waals surface area contributed by atoms with Gasteiger partial charge in [-0.3, -0.25) is 9.59 Å². The summed E-state index contributed by atoms with van der Waals surface area (Å²) in [7, 11) is 0. The number of amides is 2. The van der Waals surface area contributed by atoms with Crippen molar-refractivity contribution in [2.45, 2.75) is 266 Å². The van der Waals surface area contributed by atoms with Gasteiger partial charge in [-0.1, -0.05) is 0 Å². The van der Waals surface area contributed by atoms with Gasteiger partial charge in [-0.05, 0) is 6.92 Å². The lowest BCUT2D eigenvalue weighted by Gasteiger charge is -2.50. The Labute approximate surface area is 532 Å². The average Bonchev–Trinajstić information content (AvgIpc) is 0.963. The van der Waals surface area contributed by atoms with Gasteiger partial charge in [0.15, 0.2) is 50.3 Å². The van der Waals surface area contributed by atoms with E-state index in [9.17, 15) is 127 Å². The van der Waals surface area contributed by atoms with Crippen LogP contribution in [0, 0.1) is 0 Å². The van der Waals surface area contributed by atoms with Gasteiger partial charge in [0.05, 0.1) is 52.4 Å². The Morgan fingerprint density at radius 1 is 0.351 bits per heavy atom. The lowest BCUT2D eigenvalue weighted by molar-refractivity contribution is -0.397. The predicted molar refractivity (Wildman–Crippen MR) is 286 cm³/mol. The van der Waals surface area contributed by atoms with E-state index in [1.807, 2.05) is 0 Å². The third-order valence-corrected chi connectivity index (χ3v) is 17.4. The van der Waals surface area contributed by atoms with Gasteiger partial charge in [-0.15, -0.1) is 0 Å². The molecule has 8 aliphatic rings. The SMILES string of the molecule is CC(=O)N[C@H]1[C@@H](O[C@H]2[C@H](O)[C@@H](O)[C@@H](O[C@H]3[C@@H](O[C@H]4[C@H](OC[C@H]5OC(O)[C@@H](O[C@H]6O[C@H](CO)[C@@H](O)[C@H](O)[C@@H]6O[C@@H]6O[C@@H](C)[C@H](O)[C@@H](O)[C@H]6O)[C@@H](O)[C@@H]5O)O[C@@H]([C@H](O)CO)[C@@H]4O)O[C@H](CO)[C@@H](O[C@H]4O[C@H](CO)[C@@H](O)[C@H](O)[C@H]4NC(C)=O)[C@@H]3O)O[C@@H]2CO)O[C@H](CO)[C@@H](O)[C@@H]1O. The third-order valence-electron chi connectivity index (χ3n) is 17.4. The van der Waals surface area contributed by atoms with E-state index in [1.165, 1.54) is 6.92 Å². The van der Waals surface area contributed by atoms with Crippen LogP contribution in [0.4, 0.5) is 0 Å². The van der Waals surface area contributed by atoms with Gasteiger partial charge in [0.1, 0.15) is 189 Å². The molecule has 94 heavy (non-hydrogen) atoms. The van der Waals surface area contributed by atoms with Crippen LogP contribution in [0.1, 0.15) is 20.8 Å². The minimum absolute atomic E-state index is 0.788. The number of hydrogen-bond donors (Lipinski definition) is 25. The smallest absolute Gasteiger partial charge is 0.217 e. The second kappa shape index (κ2) is 33.3. The lowest BCUT2D eigenvalue weighted by atomic mass is 9.94. The Balaban J connectivity index is 1.05. The molecule has 0 aromatic rings. The van der Waals surface area contributed by atoms with Gasteiger partial charge in [0.2, 0.25) is 11.8 Å². The third kappa shape index (κ3) is 16.4. The first kappa shape index (κ1) is 77.2. The van der Waals surface area contributed by atoms with E-state index < -0.39 is 304 Å². The highest BCUT2D eigenvalue weighted by Gasteiger charge is 2.60. The van der Waals surface area contributed by atoms with Crippen LogP contribution in [-0.4, -0.2) is 421 Å². The summed E-state index contributed by atoms with van der Waals surface area (Å²) in [6.07, 6.45) is -75.3. The highest BCUT2D eigenvalue weighted by molar-refractivity contribution is 5.73. The van der Waals surface area contributed by atoms with Crippen molar-refractivity contribution in [1.29, 1.82) is 0 Å². The van der Waals surface area contributed by atoms with E-state index >= 15 is 0 Å². The monoisotopic (exact) mass is 1380 g/mol. The first-order valence-corrected chi connectivity index (χ1v) is 30.0. The van der Waals surface area contributed by atoms with E-state index in [0.29, 0.717) is 0 Å². The fraction of sp³-hybridized carbons (Fsp3) is 0.962. The summed E-state index contributed by atoms with van der Waals surface area (Å²) in [5, 5.41) is 255. The molecule has 0 bridgehead atoms. The Morgan fingerprint density at radius 3 is 1.20 bits per heavy atom. The molecule has 0 saturated carbocycles. The standard InChI is InChI=1S/C52H88N2O40/c1-11-23(64)30(71)34(75)48(81-11)92-42-32(73)26(67)17(7-58)85-51(42)91-41-31(72)27(68)20(82-45(41)79)10-80-50-43(36(77)38(88-50)14(63)4-55)94-52-44(37(78)40(19(9-60)87-52)90-47-22(54-13(3)62)29(70)25(66)16(6-57)84-47)93-49-35(76)33(74)39(18(8-59)86-49)89-46-21(53-12(2)61)28(69)24(65)15(5-56)83-46/h11,14-52,55-60,63-79H,4-10H2,1-3H3,(H,53,61)(H,54,62)/t11-,14+,15+,16+,17+,18+,19+,20+,21+,22+,23-,24+,25+,26+,27+,28+,29+,30+,31-,32-,33+,34+,35+,36-,37-,38-,39+,40+,41-,42-,43+,44+,45?,46+,47+,48-,49+,50+,51+,52+/m0/s1. The minimum Gasteiger partial charge on any atom is -0.394 e. The number of nitrogens with one attached hydrogen (secondary N) is 2. The number of aliphatic hydroxyl groups excluding tert-OH is 23. The Kier molecular flexibility index (Phi) is 27.3. The number of ether oxygens (including phenoxy) is 15. The maximum absolute atomic E-state index is 12.5. The summed E-state index contributed by atoms with van der Waals surface area (Å²) in [6, 6.07) is -3.35. The first-order chi connectivity index (χ1) is 44.4. The van der Waals surface area contributed by atoms with Crippen molar-refractivity contribution in [3.05, 3.63) is 0 Å². The molecule has 40 atom stereocenters. The van der Waals surface area contributed by atoms with Crippen molar-refractivity contribution < 1.29 is 198 Å². The zero-order valence-electron chi connectivity index (χ0n) is 50.3. The molecule has 0 aromatic heterocycles. The number of hydrogen-bond acceptors (Lipinski definition) is 40. The molecule has 546 valence electrons. The molecule has 1 unspecified atom stereocenters. The van der Waals surface area contributed by atoms with Crippen LogP contribution in [-0.2, 0) is 80.6 Å². The van der Waals surface area contributed by atoms with Crippen molar-refractivity contribution in [3.63, 3.8) is 0 Å². The molecule has 25 N–H and O–H groups in total. The average molecular weight is 1380 g/mol. The molecule has 0 radical (unpaired) electrons. The zero-order valence-corrected chi connectivity index (χ0v) is 50.3. The molecule has 0 aliphatic carbocycles. The summed E-state index contributed by atoms with van der Waals surface area (Å²) in [4.78, 5) is 24.6. The zero-order chi connectivity index (χ0) is 69.2. The second-order valence-electron chi connectivity index (χ2n) is 23.9. The number of rotatable bonds is 24. The number of aliphatic hydroxyl groups is 23. The largest absolute Gasteiger partial charge is 0.394 e. The van der Waals surface area contributed by atoms with E-state index in [-0.39, 0.29) is 0 Å². The molecule has 42 nitrogen and oxygen atoms in total. The molecular formula is C52H88N2O40. The van der Waals surface area contributed by atoms with Crippen LogP contribution in [0.3, 0.4) is 0 Å². The van der Waals surface area contributed by atoms with Crippen LogP contribution in [0.2, 0.25) is 0 Å². The molecule has 2 amide bonds. The Hall–Kier alpha value is -2.58. The lowest BCUT2D eigenvalue weighted by Crippen LogP contribution is -2.69. The summed E-state index contributed by atoms with van der Waals surface area (Å²) in [6.45, 7) is -3.94. The van der Waals surface area contributed by atoms with Gasteiger partial charge in [-0.25, -0.2) is 0 Å². The van der Waals surface area contributed by atoms with E-state index in [1.54, 1.807) is 0 Å². The molecule has 8 saturated heterocycles. The van der Waals surface area contributed by atoms with Gasteiger partial charge in [0, 0.05) is 13.8 Å². The number of carbonyl (C=O) groups is 2. The van der Waals surface area contributed by atoms with Crippen molar-refractivity contribution >= 4 is 11.8 Å². The molecule has 8 rings (SSSR count). The molecule has 8 aliphatic heterocycles. The predicted octanol–water partition coefficient (Wildman–Crippen LogP) is -17.1. The van der Waals surface area contributed by atoms with E-state index in [2.05, 4.69) is 10.6 Å². The molecule has 8 heterocycles. The van der Waals surface area contributed by atoms with Crippen LogP contribution in [0.5, 0.6) is 0 Å². The van der Waals surface area contributed by atoms with Crippen LogP contribution in [0.25, 0.3) is 0 Å². The summed E-state index contributed by atoms with van der Waals surface area (Å²) < 4.78 is 87.0. The molecular weight excluding hydrogens is 1290 g/mol. The van der Waals surface area contributed by atoms with Crippen molar-refractivity contribution in [2.24, 2.45) is 0 Å². The van der Waals surface area contributed by atoms with Crippen molar-refractivity contribution in [3.8, 4) is 0 Å². The van der Waals surface area contributed by atoms with Gasteiger partial charge >= 0.3 is 0 Å². The highest BCUT2D eigenvalue weighted by atomic mass is 16.8. The van der Waals surface area contributed by atoms with Gasteiger partial charge < -0.3 is 199 Å². The second-order valence-corrected chi connectivity index (χ2v) is 23.9. The minimum atomic E-state index is -2.38. The number of carbonyl (C=O) groups excluding carboxylic acids is 2. The maximum Gasteiger partial charge on any atom is 0.217 e. The summed E-state index contributed by atoms with van der Waals surface area (Å²) in [5.41, 5.74) is 0. The summed E-state index contributed by atoms with van der Waals surface area (Å²) in [5.74, 6) is -1.62. The Bertz CT molecular complexity index is 2370. The van der Waals surface area contributed by atoms with Crippen molar-refractivity contribution in [2.75, 3.05) is 46.2 Å². The highest BCUT2D eigenvalue weighted by Crippen LogP contribution is 2.39. The van der Waals surface area contributed by atoms with Crippen LogP contribution >= 0.6 is 0 Å². The Morgan fingerprint density at radius 2 is 0.713 bits per heavy atom. The van der Waals surface area contributed by atoms with E-state index in [4.69, 9.17) is 71.1 Å². The molecule has 42 heteroatoms.